The summed E-state index contributed by atoms with van der Waals surface area (Å²) in [5.41, 5.74) is 2.16. The van der Waals surface area contributed by atoms with Crippen LogP contribution in [0.25, 0.3) is 11.5 Å². The third-order valence-electron chi connectivity index (χ3n) is 4.90. The molecule has 1 aliphatic rings. The summed E-state index contributed by atoms with van der Waals surface area (Å²) in [6, 6.07) is 3.57. The van der Waals surface area contributed by atoms with Crippen LogP contribution in [0.15, 0.2) is 16.7 Å². The molecule has 0 saturated heterocycles. The molecule has 2 atom stereocenters. The van der Waals surface area contributed by atoms with Crippen LogP contribution in [0.1, 0.15) is 61.3 Å². The number of ether oxygens (including phenoxy) is 2. The number of aldehydes is 1. The minimum absolute atomic E-state index is 0.0529. The van der Waals surface area contributed by atoms with Gasteiger partial charge in [0, 0.05) is 0 Å². The Bertz CT molecular complexity index is 858. The van der Waals surface area contributed by atoms with Crippen molar-refractivity contribution in [3.63, 3.8) is 0 Å². The Morgan fingerprint density at radius 2 is 2.04 bits per heavy atom. The topological polar surface area (TPSA) is 91.5 Å². The van der Waals surface area contributed by atoms with Crippen molar-refractivity contribution in [1.29, 1.82) is 0 Å². The van der Waals surface area contributed by atoms with Gasteiger partial charge in [0.25, 0.3) is 0 Å². The molecular weight excluding hydrogens is 360 g/mol. The number of hydrogen-bond acceptors (Lipinski definition) is 7. The highest BCUT2D eigenvalue weighted by atomic mass is 16.5. The second kappa shape index (κ2) is 8.54. The smallest absolute Gasteiger partial charge is 0.309 e. The second-order valence-electron chi connectivity index (χ2n) is 7.50. The molecule has 0 spiro atoms. The third-order valence-corrected chi connectivity index (χ3v) is 4.90. The highest BCUT2D eigenvalue weighted by molar-refractivity contribution is 5.85. The van der Waals surface area contributed by atoms with Gasteiger partial charge >= 0.3 is 5.97 Å². The average molecular weight is 386 g/mol. The van der Waals surface area contributed by atoms with Crippen molar-refractivity contribution in [2.45, 2.75) is 65.6 Å². The number of aryl methyl sites for hydroxylation is 2. The molecule has 0 aromatic carbocycles. The molecule has 2 heterocycles. The summed E-state index contributed by atoms with van der Waals surface area (Å²) in [6.45, 7) is 7.27. The van der Waals surface area contributed by atoms with Crippen molar-refractivity contribution in [2.75, 3.05) is 0 Å². The highest BCUT2D eigenvalue weighted by Crippen LogP contribution is 2.31. The molecule has 0 bridgehead atoms. The van der Waals surface area contributed by atoms with Crippen LogP contribution in [-0.2, 0) is 9.53 Å². The van der Waals surface area contributed by atoms with Gasteiger partial charge in [0.15, 0.2) is 12.0 Å². The average Bonchev–Trinajstić information content (AvgIpc) is 3.03. The van der Waals surface area contributed by atoms with Gasteiger partial charge in [0.1, 0.15) is 11.4 Å². The zero-order valence-electron chi connectivity index (χ0n) is 16.7. The highest BCUT2D eigenvalue weighted by Gasteiger charge is 2.30. The lowest BCUT2D eigenvalue weighted by Gasteiger charge is -2.29. The van der Waals surface area contributed by atoms with Gasteiger partial charge in [-0.15, -0.1) is 0 Å². The lowest BCUT2D eigenvalue weighted by molar-refractivity contribution is -0.154. The van der Waals surface area contributed by atoms with E-state index in [1.54, 1.807) is 13.0 Å². The predicted octanol–water partition coefficient (Wildman–Crippen LogP) is 4.06. The molecule has 150 valence electrons. The summed E-state index contributed by atoms with van der Waals surface area (Å²) < 4.78 is 16.7. The summed E-state index contributed by atoms with van der Waals surface area (Å²) in [5.74, 6) is 0.753. The Kier molecular flexibility index (Phi) is 6.11. The Morgan fingerprint density at radius 3 is 2.71 bits per heavy atom. The van der Waals surface area contributed by atoms with Crippen LogP contribution in [0.2, 0.25) is 0 Å². The molecule has 2 aromatic heterocycles. The Hall–Kier alpha value is -2.70. The van der Waals surface area contributed by atoms with Crippen molar-refractivity contribution in [2.24, 2.45) is 5.92 Å². The maximum absolute atomic E-state index is 12.2. The van der Waals surface area contributed by atoms with Crippen molar-refractivity contribution in [1.82, 2.24) is 10.1 Å². The Balaban J connectivity index is 1.71. The maximum atomic E-state index is 12.2. The molecule has 7 nitrogen and oxygen atoms in total. The Labute approximate surface area is 164 Å². The molecule has 0 N–H and O–H groups in total. The lowest BCUT2D eigenvalue weighted by Crippen LogP contribution is -2.31. The van der Waals surface area contributed by atoms with Gasteiger partial charge in [-0.3, -0.25) is 9.59 Å². The molecule has 1 aliphatic carbocycles. The molecule has 3 rings (SSSR count). The standard InChI is InChI=1S/C21H26N2O5/c1-12(2)26-21(25)15-6-5-7-16(10-15)27-19-9-8-18(22-14(19)4)20-17(11-24)13(3)23-28-20/h8-9,11-12,15-16H,5-7,10H2,1-4H3/t15-,16-/m0/s1. The van der Waals surface area contributed by atoms with Crippen molar-refractivity contribution in [3.8, 4) is 17.2 Å². The van der Waals surface area contributed by atoms with E-state index >= 15 is 0 Å². The van der Waals surface area contributed by atoms with Crippen LogP contribution >= 0.6 is 0 Å². The van der Waals surface area contributed by atoms with Crippen LogP contribution < -0.4 is 4.74 Å². The number of aromatic nitrogens is 2. The number of rotatable bonds is 6. The first-order valence-electron chi connectivity index (χ1n) is 9.65. The van der Waals surface area contributed by atoms with Crippen molar-refractivity contribution < 1.29 is 23.6 Å². The monoisotopic (exact) mass is 386 g/mol. The maximum Gasteiger partial charge on any atom is 0.309 e. The molecule has 0 unspecified atom stereocenters. The van der Waals surface area contributed by atoms with Gasteiger partial charge in [-0.1, -0.05) is 5.16 Å². The number of nitrogens with zero attached hydrogens (tertiary/aromatic N) is 2. The summed E-state index contributed by atoms with van der Waals surface area (Å²) in [6.07, 6.45) is 3.85. The largest absolute Gasteiger partial charge is 0.489 e. The SMILES string of the molecule is Cc1nc(-c2onc(C)c2C=O)ccc1O[C@H]1CCC[C@H](C(=O)OC(C)C)C1. The molecule has 7 heteroatoms. The summed E-state index contributed by atoms with van der Waals surface area (Å²) in [5, 5.41) is 3.83. The predicted molar refractivity (Wildman–Crippen MR) is 102 cm³/mol. The van der Waals surface area contributed by atoms with Gasteiger partial charge < -0.3 is 14.0 Å². The summed E-state index contributed by atoms with van der Waals surface area (Å²) in [4.78, 5) is 28.0. The molecule has 1 fully saturated rings. The molecule has 2 aromatic rings. The summed E-state index contributed by atoms with van der Waals surface area (Å²) >= 11 is 0. The van der Waals surface area contributed by atoms with E-state index in [9.17, 15) is 9.59 Å². The fraction of sp³-hybridized carbons (Fsp3) is 0.524. The van der Waals surface area contributed by atoms with Crippen LogP contribution in [0.4, 0.5) is 0 Å². The minimum atomic E-state index is -0.143. The Morgan fingerprint density at radius 1 is 1.25 bits per heavy atom. The fourth-order valence-corrected chi connectivity index (χ4v) is 3.47. The van der Waals surface area contributed by atoms with Crippen LogP contribution in [0.3, 0.4) is 0 Å². The van der Waals surface area contributed by atoms with Crippen LogP contribution in [0.5, 0.6) is 5.75 Å². The number of esters is 1. The molecule has 0 radical (unpaired) electrons. The van der Waals surface area contributed by atoms with E-state index in [4.69, 9.17) is 14.0 Å². The van der Waals surface area contributed by atoms with E-state index < -0.39 is 0 Å². The quantitative estimate of drug-likeness (QED) is 0.546. The second-order valence-corrected chi connectivity index (χ2v) is 7.50. The van der Waals surface area contributed by atoms with Crippen molar-refractivity contribution >= 4 is 12.3 Å². The summed E-state index contributed by atoms with van der Waals surface area (Å²) in [7, 11) is 0. The molecule has 0 aliphatic heterocycles. The van der Waals surface area contributed by atoms with E-state index in [2.05, 4.69) is 10.1 Å². The minimum Gasteiger partial charge on any atom is -0.489 e. The molecule has 1 saturated carbocycles. The van der Waals surface area contributed by atoms with Gasteiger partial charge in [-0.2, -0.15) is 0 Å². The van der Waals surface area contributed by atoms with E-state index in [1.165, 1.54) is 0 Å². The molecular formula is C21H26N2O5. The van der Waals surface area contributed by atoms with E-state index in [-0.39, 0.29) is 24.1 Å². The first-order valence-corrected chi connectivity index (χ1v) is 9.65. The molecule has 28 heavy (non-hydrogen) atoms. The van der Waals surface area contributed by atoms with E-state index in [1.807, 2.05) is 26.8 Å². The zero-order valence-corrected chi connectivity index (χ0v) is 16.7. The van der Waals surface area contributed by atoms with Crippen LogP contribution in [0, 0.1) is 19.8 Å². The number of hydrogen-bond donors (Lipinski definition) is 0. The zero-order chi connectivity index (χ0) is 20.3. The number of carbonyl (C=O) groups is 2. The van der Waals surface area contributed by atoms with Gasteiger partial charge in [0.2, 0.25) is 0 Å². The van der Waals surface area contributed by atoms with Gasteiger partial charge in [-0.05, 0) is 65.5 Å². The van der Waals surface area contributed by atoms with Gasteiger partial charge in [0.05, 0.1) is 35.1 Å². The lowest BCUT2D eigenvalue weighted by atomic mass is 9.87. The van der Waals surface area contributed by atoms with Gasteiger partial charge in [-0.25, -0.2) is 4.98 Å². The first-order chi connectivity index (χ1) is 13.4. The van der Waals surface area contributed by atoms with E-state index in [0.717, 1.165) is 25.5 Å². The number of pyridine rings is 1. The first kappa shape index (κ1) is 20.0. The number of carbonyl (C=O) groups excluding carboxylic acids is 2. The third kappa shape index (κ3) is 4.40. The normalized spacial score (nSPS) is 19.5. The van der Waals surface area contributed by atoms with E-state index in [0.29, 0.717) is 40.6 Å². The molecule has 0 amide bonds. The fourth-order valence-electron chi connectivity index (χ4n) is 3.47. The van der Waals surface area contributed by atoms with Crippen LogP contribution in [-0.4, -0.2) is 34.6 Å². The van der Waals surface area contributed by atoms with Crippen molar-refractivity contribution in [3.05, 3.63) is 29.1 Å².